The van der Waals surface area contributed by atoms with Crippen molar-refractivity contribution in [1.29, 1.82) is 0 Å². The Morgan fingerprint density at radius 1 is 1.07 bits per heavy atom. The Balaban J connectivity index is 2.88. The van der Waals surface area contributed by atoms with Gasteiger partial charge in [0.25, 0.3) is 0 Å². The zero-order chi connectivity index (χ0) is 10.6. The Morgan fingerprint density at radius 3 is 2.14 bits per heavy atom. The van der Waals surface area contributed by atoms with E-state index in [0.29, 0.717) is 24.8 Å². The predicted molar refractivity (Wildman–Crippen MR) is 62.6 cm³/mol. The van der Waals surface area contributed by atoms with Crippen molar-refractivity contribution < 1.29 is 9.47 Å². The zero-order valence-electron chi connectivity index (χ0n) is 8.96. The van der Waals surface area contributed by atoms with E-state index in [-0.39, 0.29) is 0 Å². The fourth-order valence-corrected chi connectivity index (χ4v) is 1.06. The summed E-state index contributed by atoms with van der Waals surface area (Å²) in [4.78, 5) is 0.563. The second-order valence-electron chi connectivity index (χ2n) is 3.15. The van der Waals surface area contributed by atoms with E-state index in [2.05, 4.69) is 6.92 Å². The average Bonchev–Trinajstić information content (AvgIpc) is 2.15. The van der Waals surface area contributed by atoms with Gasteiger partial charge in [-0.05, 0) is 19.3 Å². The molecule has 0 aliphatic carbocycles. The van der Waals surface area contributed by atoms with Crippen LogP contribution in [-0.4, -0.2) is 31.4 Å². The number of thiocarbonyl (C=S) groups is 1. The van der Waals surface area contributed by atoms with Crippen molar-refractivity contribution in [3.63, 3.8) is 0 Å². The topological polar surface area (TPSA) is 44.5 Å². The molecule has 0 saturated carbocycles. The van der Waals surface area contributed by atoms with Crippen molar-refractivity contribution >= 4 is 17.2 Å². The molecule has 4 heteroatoms. The minimum Gasteiger partial charge on any atom is -0.393 e. The number of hydrogen-bond donors (Lipinski definition) is 1. The minimum atomic E-state index is 0.563. The lowest BCUT2D eigenvalue weighted by Crippen LogP contribution is -2.10. The summed E-state index contributed by atoms with van der Waals surface area (Å²) in [6.07, 6.45) is 3.98. The van der Waals surface area contributed by atoms with Gasteiger partial charge in [0.2, 0.25) is 0 Å². The van der Waals surface area contributed by atoms with Crippen molar-refractivity contribution in [2.24, 2.45) is 5.73 Å². The normalized spacial score (nSPS) is 10.4. The Bertz CT molecular complexity index is 142. The molecule has 0 bridgehead atoms. The predicted octanol–water partition coefficient (Wildman–Crippen LogP) is 1.89. The summed E-state index contributed by atoms with van der Waals surface area (Å²) in [6, 6.07) is 0. The van der Waals surface area contributed by atoms with Gasteiger partial charge < -0.3 is 15.2 Å². The number of rotatable bonds is 10. The molecule has 0 saturated heterocycles. The second-order valence-corrected chi connectivity index (χ2v) is 3.67. The van der Waals surface area contributed by atoms with Gasteiger partial charge in [0.05, 0.1) is 18.2 Å². The second kappa shape index (κ2) is 10.9. The maximum Gasteiger partial charge on any atom is 0.0728 e. The molecule has 0 radical (unpaired) electrons. The first-order valence-electron chi connectivity index (χ1n) is 5.21. The van der Waals surface area contributed by atoms with Crippen LogP contribution in [0, 0.1) is 0 Å². The highest BCUT2D eigenvalue weighted by atomic mass is 32.1. The van der Waals surface area contributed by atoms with Gasteiger partial charge in [-0.3, -0.25) is 0 Å². The SMILES string of the molecule is CCCCOCCOCCCC(N)=S. The van der Waals surface area contributed by atoms with Crippen molar-refractivity contribution in [2.45, 2.75) is 32.6 Å². The first-order valence-corrected chi connectivity index (χ1v) is 5.62. The molecule has 84 valence electrons. The van der Waals surface area contributed by atoms with Crippen LogP contribution in [0.4, 0.5) is 0 Å². The molecule has 0 heterocycles. The lowest BCUT2D eigenvalue weighted by Gasteiger charge is -2.04. The van der Waals surface area contributed by atoms with E-state index in [1.807, 2.05) is 0 Å². The third-order valence-corrected chi connectivity index (χ3v) is 1.93. The van der Waals surface area contributed by atoms with Crippen molar-refractivity contribution in [3.8, 4) is 0 Å². The average molecular weight is 219 g/mol. The van der Waals surface area contributed by atoms with Gasteiger partial charge in [-0.25, -0.2) is 0 Å². The van der Waals surface area contributed by atoms with E-state index in [9.17, 15) is 0 Å². The highest BCUT2D eigenvalue weighted by Gasteiger charge is 1.92. The Kier molecular flexibility index (Phi) is 10.7. The first-order chi connectivity index (χ1) is 6.77. The van der Waals surface area contributed by atoms with Crippen LogP contribution in [0.15, 0.2) is 0 Å². The van der Waals surface area contributed by atoms with E-state index >= 15 is 0 Å². The number of hydrogen-bond acceptors (Lipinski definition) is 3. The molecule has 14 heavy (non-hydrogen) atoms. The molecular formula is C10H21NO2S. The van der Waals surface area contributed by atoms with Crippen molar-refractivity contribution in [3.05, 3.63) is 0 Å². The highest BCUT2D eigenvalue weighted by molar-refractivity contribution is 7.80. The summed E-state index contributed by atoms with van der Waals surface area (Å²) in [6.45, 7) is 5.06. The molecule has 0 amide bonds. The van der Waals surface area contributed by atoms with Crippen LogP contribution >= 0.6 is 12.2 Å². The zero-order valence-corrected chi connectivity index (χ0v) is 9.78. The largest absolute Gasteiger partial charge is 0.393 e. The lowest BCUT2D eigenvalue weighted by atomic mass is 10.3. The quantitative estimate of drug-likeness (QED) is 0.450. The Morgan fingerprint density at radius 2 is 1.64 bits per heavy atom. The van der Waals surface area contributed by atoms with Crippen LogP contribution < -0.4 is 5.73 Å². The molecule has 0 aromatic heterocycles. The van der Waals surface area contributed by atoms with Gasteiger partial charge in [-0.2, -0.15) is 0 Å². The Hall–Kier alpha value is -0.190. The Labute approximate surface area is 91.9 Å². The van der Waals surface area contributed by atoms with Crippen LogP contribution in [-0.2, 0) is 9.47 Å². The summed E-state index contributed by atoms with van der Waals surface area (Å²) < 4.78 is 10.7. The van der Waals surface area contributed by atoms with Gasteiger partial charge in [-0.1, -0.05) is 25.6 Å². The van der Waals surface area contributed by atoms with Crippen LogP contribution in [0.3, 0.4) is 0 Å². The molecule has 0 rings (SSSR count). The molecule has 3 nitrogen and oxygen atoms in total. The standard InChI is InChI=1S/C10H21NO2S/c1-2-3-6-12-8-9-13-7-4-5-10(11)14/h2-9H2,1H3,(H2,11,14). The van der Waals surface area contributed by atoms with Gasteiger partial charge in [0, 0.05) is 13.2 Å². The van der Waals surface area contributed by atoms with Crippen molar-refractivity contribution in [1.82, 2.24) is 0 Å². The van der Waals surface area contributed by atoms with Crippen LogP contribution in [0.5, 0.6) is 0 Å². The van der Waals surface area contributed by atoms with E-state index in [4.69, 9.17) is 27.4 Å². The fraction of sp³-hybridized carbons (Fsp3) is 0.900. The smallest absolute Gasteiger partial charge is 0.0728 e. The first kappa shape index (κ1) is 13.8. The molecule has 0 aliphatic heterocycles. The highest BCUT2D eigenvalue weighted by Crippen LogP contribution is 1.91. The molecule has 0 aliphatic rings. The third-order valence-electron chi connectivity index (χ3n) is 1.73. The molecule has 0 fully saturated rings. The molecule has 0 atom stereocenters. The fourth-order valence-electron chi connectivity index (χ4n) is 0.917. The van der Waals surface area contributed by atoms with Crippen molar-refractivity contribution in [2.75, 3.05) is 26.4 Å². The van der Waals surface area contributed by atoms with E-state index in [1.54, 1.807) is 0 Å². The van der Waals surface area contributed by atoms with Crippen LogP contribution in [0.1, 0.15) is 32.6 Å². The molecule has 0 aromatic rings. The van der Waals surface area contributed by atoms with Crippen LogP contribution in [0.2, 0.25) is 0 Å². The monoisotopic (exact) mass is 219 g/mol. The number of nitrogens with two attached hydrogens (primary N) is 1. The minimum absolute atomic E-state index is 0.563. The molecule has 0 aromatic carbocycles. The molecule has 2 N–H and O–H groups in total. The summed E-state index contributed by atoms with van der Waals surface area (Å²) >= 11 is 4.74. The molecular weight excluding hydrogens is 198 g/mol. The summed E-state index contributed by atoms with van der Waals surface area (Å²) in [5, 5.41) is 0. The van der Waals surface area contributed by atoms with E-state index in [0.717, 1.165) is 25.9 Å². The van der Waals surface area contributed by atoms with Gasteiger partial charge >= 0.3 is 0 Å². The molecule has 0 spiro atoms. The number of unbranched alkanes of at least 4 members (excludes halogenated alkanes) is 1. The maximum absolute atomic E-state index is 5.34. The van der Waals surface area contributed by atoms with Gasteiger partial charge in [0.15, 0.2) is 0 Å². The lowest BCUT2D eigenvalue weighted by molar-refractivity contribution is 0.0463. The van der Waals surface area contributed by atoms with E-state index < -0.39 is 0 Å². The summed E-state index contributed by atoms with van der Waals surface area (Å²) in [5.74, 6) is 0. The van der Waals surface area contributed by atoms with Gasteiger partial charge in [-0.15, -0.1) is 0 Å². The number of ether oxygens (including phenoxy) is 2. The molecule has 0 unspecified atom stereocenters. The van der Waals surface area contributed by atoms with Crippen LogP contribution in [0.25, 0.3) is 0 Å². The maximum atomic E-state index is 5.34. The summed E-state index contributed by atoms with van der Waals surface area (Å²) in [5.41, 5.74) is 5.34. The van der Waals surface area contributed by atoms with E-state index in [1.165, 1.54) is 6.42 Å². The summed E-state index contributed by atoms with van der Waals surface area (Å²) in [7, 11) is 0. The third kappa shape index (κ3) is 11.8. The van der Waals surface area contributed by atoms with Gasteiger partial charge in [0.1, 0.15) is 0 Å².